The number of halogens is 2. The lowest BCUT2D eigenvalue weighted by Gasteiger charge is -2.41. The first-order chi connectivity index (χ1) is 10.8. The number of rotatable bonds is 4. The standard InChI is InChI=1S/C19H30N2O.2ClH/c1-2-15-9-6-10-17(19(15)22)18(16-7-4-3-5-8-16)21-13-11-20-12-14-21;;/h6,9-10,16,18,20,22H,2-5,7-8,11-14H2,1H3;2*1H/t18-;;/m0../s1. The van der Waals surface area contributed by atoms with Crippen LogP contribution < -0.4 is 5.32 Å². The Morgan fingerprint density at radius 1 is 1.12 bits per heavy atom. The summed E-state index contributed by atoms with van der Waals surface area (Å²) >= 11 is 0. The molecular formula is C19H32Cl2N2O. The van der Waals surface area contributed by atoms with Gasteiger partial charge in [-0.25, -0.2) is 0 Å². The Balaban J connectivity index is 0.00000144. The summed E-state index contributed by atoms with van der Waals surface area (Å²) in [5, 5.41) is 14.2. The predicted octanol–water partition coefficient (Wildman–Crippen LogP) is 4.32. The summed E-state index contributed by atoms with van der Waals surface area (Å²) in [5.41, 5.74) is 2.27. The summed E-state index contributed by atoms with van der Waals surface area (Å²) in [6.07, 6.45) is 7.60. The molecule has 2 aliphatic rings. The molecule has 2 fully saturated rings. The lowest BCUT2D eigenvalue weighted by molar-refractivity contribution is 0.101. The van der Waals surface area contributed by atoms with Crippen LogP contribution in [-0.4, -0.2) is 36.2 Å². The first-order valence-electron chi connectivity index (χ1n) is 9.06. The van der Waals surface area contributed by atoms with Crippen LogP contribution in [0.3, 0.4) is 0 Å². The van der Waals surface area contributed by atoms with E-state index in [1.165, 1.54) is 37.7 Å². The number of benzene rings is 1. The van der Waals surface area contributed by atoms with Crippen LogP contribution in [-0.2, 0) is 6.42 Å². The molecule has 24 heavy (non-hydrogen) atoms. The summed E-state index contributed by atoms with van der Waals surface area (Å²) in [4.78, 5) is 2.61. The van der Waals surface area contributed by atoms with Crippen molar-refractivity contribution in [1.29, 1.82) is 0 Å². The molecule has 5 heteroatoms. The van der Waals surface area contributed by atoms with Gasteiger partial charge in [-0.2, -0.15) is 0 Å². The van der Waals surface area contributed by atoms with Crippen molar-refractivity contribution in [3.63, 3.8) is 0 Å². The lowest BCUT2D eigenvalue weighted by Crippen LogP contribution is -2.47. The number of nitrogens with one attached hydrogen (secondary N) is 1. The number of aromatic hydroxyl groups is 1. The van der Waals surface area contributed by atoms with Crippen molar-refractivity contribution in [2.45, 2.75) is 51.5 Å². The maximum absolute atomic E-state index is 10.8. The van der Waals surface area contributed by atoms with Crippen LogP contribution in [0.5, 0.6) is 5.75 Å². The van der Waals surface area contributed by atoms with Gasteiger partial charge in [0.25, 0.3) is 0 Å². The van der Waals surface area contributed by atoms with Crippen LogP contribution in [0, 0.1) is 5.92 Å². The van der Waals surface area contributed by atoms with Crippen LogP contribution in [0.4, 0.5) is 0 Å². The summed E-state index contributed by atoms with van der Waals surface area (Å²) in [5.74, 6) is 1.25. The highest BCUT2D eigenvalue weighted by Crippen LogP contribution is 2.42. The van der Waals surface area contributed by atoms with Crippen molar-refractivity contribution in [2.75, 3.05) is 26.2 Å². The van der Waals surface area contributed by atoms with Gasteiger partial charge in [-0.15, -0.1) is 24.8 Å². The van der Waals surface area contributed by atoms with Crippen molar-refractivity contribution < 1.29 is 5.11 Å². The van der Waals surface area contributed by atoms with Gasteiger partial charge in [-0.3, -0.25) is 4.90 Å². The maximum Gasteiger partial charge on any atom is 0.123 e. The molecule has 1 aliphatic heterocycles. The average Bonchev–Trinajstić information content (AvgIpc) is 2.59. The summed E-state index contributed by atoms with van der Waals surface area (Å²) in [7, 11) is 0. The van der Waals surface area contributed by atoms with Crippen LogP contribution >= 0.6 is 24.8 Å². The quantitative estimate of drug-likeness (QED) is 0.823. The van der Waals surface area contributed by atoms with E-state index in [0.29, 0.717) is 17.7 Å². The van der Waals surface area contributed by atoms with Crippen molar-refractivity contribution >= 4 is 24.8 Å². The summed E-state index contributed by atoms with van der Waals surface area (Å²) < 4.78 is 0. The molecule has 1 saturated heterocycles. The van der Waals surface area contributed by atoms with Crippen molar-refractivity contribution in [2.24, 2.45) is 5.92 Å². The number of aryl methyl sites for hydroxylation is 1. The van der Waals surface area contributed by atoms with Crippen LogP contribution in [0.15, 0.2) is 18.2 Å². The van der Waals surface area contributed by atoms with E-state index in [0.717, 1.165) is 38.2 Å². The molecule has 1 aliphatic carbocycles. The zero-order valence-corrected chi connectivity index (χ0v) is 16.3. The molecule has 3 rings (SSSR count). The number of hydrogen-bond acceptors (Lipinski definition) is 3. The van der Waals surface area contributed by atoms with Crippen molar-refractivity contribution in [3.05, 3.63) is 29.3 Å². The van der Waals surface area contributed by atoms with E-state index in [-0.39, 0.29) is 24.8 Å². The van der Waals surface area contributed by atoms with Gasteiger partial charge < -0.3 is 10.4 Å². The highest BCUT2D eigenvalue weighted by atomic mass is 35.5. The molecule has 1 aromatic rings. The van der Waals surface area contributed by atoms with E-state index in [1.807, 2.05) is 0 Å². The monoisotopic (exact) mass is 374 g/mol. The molecule has 138 valence electrons. The van der Waals surface area contributed by atoms with Crippen LogP contribution in [0.25, 0.3) is 0 Å². The normalized spacial score (nSPS) is 20.7. The largest absolute Gasteiger partial charge is 0.507 e. The minimum Gasteiger partial charge on any atom is -0.507 e. The Morgan fingerprint density at radius 3 is 2.42 bits per heavy atom. The summed E-state index contributed by atoms with van der Waals surface area (Å²) in [6, 6.07) is 6.75. The molecule has 3 nitrogen and oxygen atoms in total. The predicted molar refractivity (Wildman–Crippen MR) is 106 cm³/mol. The molecule has 0 bridgehead atoms. The molecule has 1 aromatic carbocycles. The number of hydrogen-bond donors (Lipinski definition) is 2. The highest BCUT2D eigenvalue weighted by Gasteiger charge is 2.32. The van der Waals surface area contributed by atoms with Gasteiger partial charge in [0, 0.05) is 37.8 Å². The van der Waals surface area contributed by atoms with E-state index in [4.69, 9.17) is 0 Å². The fraction of sp³-hybridized carbons (Fsp3) is 0.684. The third-order valence-corrected chi connectivity index (χ3v) is 5.49. The molecule has 0 spiro atoms. The van der Waals surface area contributed by atoms with E-state index >= 15 is 0 Å². The van der Waals surface area contributed by atoms with E-state index in [1.54, 1.807) is 0 Å². The highest BCUT2D eigenvalue weighted by molar-refractivity contribution is 5.85. The van der Waals surface area contributed by atoms with Gasteiger partial charge >= 0.3 is 0 Å². The molecule has 0 aromatic heterocycles. The van der Waals surface area contributed by atoms with Gasteiger partial charge in [0.05, 0.1) is 0 Å². The molecule has 1 atom stereocenters. The zero-order chi connectivity index (χ0) is 15.4. The molecule has 1 heterocycles. The SMILES string of the molecule is CCc1cccc([C@H](C2CCCCC2)N2CCNCC2)c1O.Cl.Cl. The van der Waals surface area contributed by atoms with Crippen LogP contribution in [0.1, 0.15) is 56.2 Å². The molecule has 2 N–H and O–H groups in total. The summed E-state index contributed by atoms with van der Waals surface area (Å²) in [6.45, 7) is 6.45. The number of phenolic OH excluding ortho intramolecular Hbond substituents is 1. The van der Waals surface area contributed by atoms with Crippen molar-refractivity contribution in [3.8, 4) is 5.75 Å². The third-order valence-electron chi connectivity index (χ3n) is 5.49. The second-order valence-corrected chi connectivity index (χ2v) is 6.84. The Bertz CT molecular complexity index is 468. The van der Waals surface area contributed by atoms with Crippen molar-refractivity contribution in [1.82, 2.24) is 10.2 Å². The van der Waals surface area contributed by atoms with Gasteiger partial charge in [0.15, 0.2) is 0 Å². The van der Waals surface area contributed by atoms with Gasteiger partial charge in [-0.05, 0) is 30.7 Å². The Morgan fingerprint density at radius 2 is 1.79 bits per heavy atom. The first kappa shape index (κ1) is 21.6. The fourth-order valence-electron chi connectivity index (χ4n) is 4.29. The topological polar surface area (TPSA) is 35.5 Å². The van der Waals surface area contributed by atoms with Gasteiger partial charge in [0.1, 0.15) is 5.75 Å². The first-order valence-corrected chi connectivity index (χ1v) is 9.06. The van der Waals surface area contributed by atoms with Gasteiger partial charge in [-0.1, -0.05) is 44.4 Å². The minimum atomic E-state index is 0. The molecule has 0 amide bonds. The van der Waals surface area contributed by atoms with Gasteiger partial charge in [0.2, 0.25) is 0 Å². The minimum absolute atomic E-state index is 0. The zero-order valence-electron chi connectivity index (χ0n) is 14.7. The second-order valence-electron chi connectivity index (χ2n) is 6.84. The van der Waals surface area contributed by atoms with E-state index in [2.05, 4.69) is 35.3 Å². The second kappa shape index (κ2) is 10.5. The Hall–Kier alpha value is -0.480. The molecular weight excluding hydrogens is 343 g/mol. The lowest BCUT2D eigenvalue weighted by atomic mass is 9.79. The Labute approximate surface area is 159 Å². The Kier molecular flexibility index (Phi) is 9.43. The molecule has 0 unspecified atom stereocenters. The van der Waals surface area contributed by atoms with Crippen LogP contribution in [0.2, 0.25) is 0 Å². The average molecular weight is 375 g/mol. The fourth-order valence-corrected chi connectivity index (χ4v) is 4.29. The number of piperazine rings is 1. The third kappa shape index (κ3) is 4.78. The molecule has 0 radical (unpaired) electrons. The smallest absolute Gasteiger partial charge is 0.123 e. The van der Waals surface area contributed by atoms with E-state index < -0.39 is 0 Å². The molecule has 1 saturated carbocycles. The van der Waals surface area contributed by atoms with E-state index in [9.17, 15) is 5.11 Å². The number of para-hydroxylation sites is 1. The number of phenols is 1. The number of nitrogens with zero attached hydrogens (tertiary/aromatic N) is 1. The maximum atomic E-state index is 10.8.